The molecule has 0 aliphatic heterocycles. The third kappa shape index (κ3) is 1.55. The number of aliphatic hydroxyl groups is 1. The number of hydrogen-bond donors (Lipinski definition) is 3. The highest BCUT2D eigenvalue weighted by Gasteiger charge is 2.55. The Morgan fingerprint density at radius 3 is 2.79 bits per heavy atom. The van der Waals surface area contributed by atoms with E-state index in [9.17, 15) is 9.90 Å². The molecule has 3 N–H and O–H groups in total. The van der Waals surface area contributed by atoms with Crippen molar-refractivity contribution in [3.05, 3.63) is 28.9 Å². The van der Waals surface area contributed by atoms with Crippen molar-refractivity contribution in [1.29, 1.82) is 0 Å². The van der Waals surface area contributed by atoms with Gasteiger partial charge in [0.25, 0.3) is 0 Å². The van der Waals surface area contributed by atoms with Gasteiger partial charge in [-0.15, -0.1) is 0 Å². The molecule has 4 aliphatic carbocycles. The first-order valence-electron chi connectivity index (χ1n) is 8.90. The summed E-state index contributed by atoms with van der Waals surface area (Å²) in [4.78, 5) is 23.3. The van der Waals surface area contributed by atoms with Gasteiger partial charge in [-0.3, -0.25) is 4.57 Å². The van der Waals surface area contributed by atoms with E-state index in [0.29, 0.717) is 17.8 Å². The first kappa shape index (κ1) is 13.2. The van der Waals surface area contributed by atoms with Crippen molar-refractivity contribution in [2.75, 3.05) is 0 Å². The Morgan fingerprint density at radius 2 is 2.04 bits per heavy atom. The lowest BCUT2D eigenvalue weighted by molar-refractivity contribution is -0.146. The summed E-state index contributed by atoms with van der Waals surface area (Å²) < 4.78 is 1.99. The number of nitrogens with one attached hydrogen (secondary N) is 2. The summed E-state index contributed by atoms with van der Waals surface area (Å²) in [5.74, 6) is 1.44. The molecular weight excluding hydrogens is 304 g/mol. The van der Waals surface area contributed by atoms with Crippen molar-refractivity contribution in [2.24, 2.45) is 17.8 Å². The minimum Gasteiger partial charge on any atom is -0.390 e. The zero-order valence-electron chi connectivity index (χ0n) is 13.3. The van der Waals surface area contributed by atoms with Crippen molar-refractivity contribution in [2.45, 2.75) is 43.7 Å². The molecular formula is C18H20N4O2. The van der Waals surface area contributed by atoms with E-state index in [4.69, 9.17) is 0 Å². The van der Waals surface area contributed by atoms with Crippen LogP contribution in [0.3, 0.4) is 0 Å². The fourth-order valence-corrected chi connectivity index (χ4v) is 6.28. The molecule has 3 aromatic heterocycles. The van der Waals surface area contributed by atoms with Crippen LogP contribution in [0.25, 0.3) is 22.1 Å². The molecule has 6 nitrogen and oxygen atoms in total. The number of hydrogen-bond acceptors (Lipinski definition) is 3. The van der Waals surface area contributed by atoms with Crippen molar-refractivity contribution in [3.8, 4) is 0 Å². The minimum atomic E-state index is -0.478. The monoisotopic (exact) mass is 324 g/mol. The van der Waals surface area contributed by atoms with E-state index in [1.807, 2.05) is 16.8 Å². The second-order valence-electron chi connectivity index (χ2n) is 8.25. The standard InChI is InChI=1S/C18H20N4O2/c23-17-21-13-8-20-16-12(1-2-19-16)15(13)22(17)14-10-3-9-4-11(14)7-18(24,5-9)6-10/h1-2,8-11,14,24H,3-7H2,(H,19,20)(H,21,23)/t9?,10-,11+,14?,18-. The first-order chi connectivity index (χ1) is 11.6. The zero-order chi connectivity index (χ0) is 16.1. The number of aromatic nitrogens is 4. The molecule has 4 bridgehead atoms. The van der Waals surface area contributed by atoms with Gasteiger partial charge in [-0.1, -0.05) is 0 Å². The maximum absolute atomic E-state index is 12.8. The van der Waals surface area contributed by atoms with Crippen LogP contribution < -0.4 is 5.69 Å². The van der Waals surface area contributed by atoms with Crippen LogP contribution in [0, 0.1) is 17.8 Å². The summed E-state index contributed by atoms with van der Waals surface area (Å²) in [5.41, 5.74) is 2.08. The van der Waals surface area contributed by atoms with Gasteiger partial charge in [0.1, 0.15) is 5.65 Å². The summed E-state index contributed by atoms with van der Waals surface area (Å²) in [5, 5.41) is 11.8. The lowest BCUT2D eigenvalue weighted by Crippen LogP contribution is -2.55. The Morgan fingerprint density at radius 1 is 1.25 bits per heavy atom. The molecule has 6 heteroatoms. The number of nitrogens with zero attached hydrogens (tertiary/aromatic N) is 2. The number of rotatable bonds is 1. The predicted molar refractivity (Wildman–Crippen MR) is 89.8 cm³/mol. The summed E-state index contributed by atoms with van der Waals surface area (Å²) in [7, 11) is 0. The van der Waals surface area contributed by atoms with E-state index in [2.05, 4.69) is 15.0 Å². The van der Waals surface area contributed by atoms with Crippen LogP contribution >= 0.6 is 0 Å². The van der Waals surface area contributed by atoms with Gasteiger partial charge in [-0.25, -0.2) is 9.78 Å². The summed E-state index contributed by atoms with van der Waals surface area (Å²) in [6.45, 7) is 0. The van der Waals surface area contributed by atoms with E-state index < -0.39 is 5.60 Å². The maximum Gasteiger partial charge on any atom is 0.326 e. The minimum absolute atomic E-state index is 0.0371. The molecule has 2 unspecified atom stereocenters. The lowest BCUT2D eigenvalue weighted by Gasteiger charge is -2.58. The molecule has 3 heterocycles. The molecule has 0 spiro atoms. The maximum atomic E-state index is 12.8. The average Bonchev–Trinajstić information content (AvgIpc) is 3.09. The van der Waals surface area contributed by atoms with Crippen LogP contribution in [0.5, 0.6) is 0 Å². The molecule has 0 radical (unpaired) electrons. The highest BCUT2D eigenvalue weighted by molar-refractivity contribution is 6.00. The molecule has 0 amide bonds. The summed E-state index contributed by atoms with van der Waals surface area (Å²) in [6.07, 6.45) is 8.54. The third-order valence-electron chi connectivity index (χ3n) is 6.75. The van der Waals surface area contributed by atoms with Gasteiger partial charge in [0.2, 0.25) is 0 Å². The molecule has 3 aromatic rings. The predicted octanol–water partition coefficient (Wildman–Crippen LogP) is 2.32. The Hall–Kier alpha value is -2.08. The molecule has 4 fully saturated rings. The Kier molecular flexibility index (Phi) is 2.27. The van der Waals surface area contributed by atoms with Gasteiger partial charge in [-0.05, 0) is 55.9 Å². The third-order valence-corrected chi connectivity index (χ3v) is 6.75. The molecule has 7 rings (SSSR count). The zero-order valence-corrected chi connectivity index (χ0v) is 13.3. The highest BCUT2D eigenvalue weighted by Crippen LogP contribution is 2.60. The normalized spacial score (nSPS) is 37.7. The Bertz CT molecular complexity index is 1010. The quantitative estimate of drug-likeness (QED) is 0.642. The molecule has 4 aliphatic rings. The summed E-state index contributed by atoms with van der Waals surface area (Å²) >= 11 is 0. The molecule has 0 aromatic carbocycles. The summed E-state index contributed by atoms with van der Waals surface area (Å²) in [6, 6.07) is 2.20. The Balaban J connectivity index is 1.61. The van der Waals surface area contributed by atoms with Gasteiger partial charge in [0.15, 0.2) is 0 Å². The van der Waals surface area contributed by atoms with Crippen LogP contribution in [-0.4, -0.2) is 30.2 Å². The van der Waals surface area contributed by atoms with Crippen LogP contribution in [0.1, 0.15) is 38.1 Å². The first-order valence-corrected chi connectivity index (χ1v) is 8.90. The van der Waals surface area contributed by atoms with Crippen molar-refractivity contribution in [3.63, 3.8) is 0 Å². The number of H-pyrrole nitrogens is 2. The average molecular weight is 324 g/mol. The molecule has 24 heavy (non-hydrogen) atoms. The lowest BCUT2D eigenvalue weighted by atomic mass is 9.52. The Labute approximate surface area is 137 Å². The van der Waals surface area contributed by atoms with E-state index in [0.717, 1.165) is 54.2 Å². The van der Waals surface area contributed by atoms with Gasteiger partial charge < -0.3 is 15.1 Å². The smallest absolute Gasteiger partial charge is 0.326 e. The van der Waals surface area contributed by atoms with Crippen LogP contribution in [0.2, 0.25) is 0 Å². The van der Waals surface area contributed by atoms with Gasteiger partial charge in [0, 0.05) is 17.6 Å². The van der Waals surface area contributed by atoms with Gasteiger partial charge >= 0.3 is 5.69 Å². The van der Waals surface area contributed by atoms with E-state index in [-0.39, 0.29) is 11.7 Å². The SMILES string of the molecule is O=c1[nH]c2cnc3[nH]ccc3c2n1C1[C@@H]2CC3C[C@H]1C[C@@](O)(C3)C2. The molecule has 5 atom stereocenters. The molecule has 4 saturated carbocycles. The fraction of sp³-hybridized carbons (Fsp3) is 0.556. The number of imidazole rings is 1. The molecule has 124 valence electrons. The highest BCUT2D eigenvalue weighted by atomic mass is 16.3. The van der Waals surface area contributed by atoms with Crippen molar-refractivity contribution < 1.29 is 5.11 Å². The van der Waals surface area contributed by atoms with E-state index >= 15 is 0 Å². The largest absolute Gasteiger partial charge is 0.390 e. The van der Waals surface area contributed by atoms with Gasteiger partial charge in [-0.2, -0.15) is 0 Å². The second kappa shape index (κ2) is 4.11. The fourth-order valence-electron chi connectivity index (χ4n) is 6.28. The van der Waals surface area contributed by atoms with Crippen molar-refractivity contribution in [1.82, 2.24) is 19.5 Å². The van der Waals surface area contributed by atoms with E-state index in [1.165, 1.54) is 0 Å². The number of aromatic amines is 2. The second-order valence-corrected chi connectivity index (χ2v) is 8.25. The van der Waals surface area contributed by atoms with Crippen LogP contribution in [-0.2, 0) is 0 Å². The number of pyridine rings is 1. The van der Waals surface area contributed by atoms with Crippen molar-refractivity contribution >= 4 is 22.1 Å². The molecule has 0 saturated heterocycles. The van der Waals surface area contributed by atoms with Gasteiger partial charge in [0.05, 0.1) is 22.8 Å². The van der Waals surface area contributed by atoms with Crippen LogP contribution in [0.4, 0.5) is 0 Å². The van der Waals surface area contributed by atoms with Crippen LogP contribution in [0.15, 0.2) is 23.3 Å². The number of fused-ring (bicyclic) bond motifs is 3. The van der Waals surface area contributed by atoms with E-state index in [1.54, 1.807) is 6.20 Å². The topological polar surface area (TPSA) is 86.7 Å².